The molecule has 88 valence electrons. The monoisotopic (exact) mass is 241 g/mol. The van der Waals surface area contributed by atoms with Gasteiger partial charge in [-0.25, -0.2) is 9.78 Å². The molecule has 1 aromatic heterocycles. The minimum Gasteiger partial charge on any atom is -0.476 e. The van der Waals surface area contributed by atoms with Gasteiger partial charge in [-0.05, 0) is 19.4 Å². The van der Waals surface area contributed by atoms with E-state index in [9.17, 15) is 4.79 Å². The van der Waals surface area contributed by atoms with Crippen LogP contribution in [0.2, 0.25) is 0 Å². The predicted octanol–water partition coefficient (Wildman–Crippen LogP) is 0.764. The van der Waals surface area contributed by atoms with E-state index in [1.807, 2.05) is 5.38 Å². The highest BCUT2D eigenvalue weighted by atomic mass is 32.1. The second kappa shape index (κ2) is 4.90. The van der Waals surface area contributed by atoms with Crippen LogP contribution in [-0.4, -0.2) is 40.1 Å². The Labute approximate surface area is 97.9 Å². The molecule has 2 rings (SSSR count). The molecule has 1 saturated heterocycles. The summed E-state index contributed by atoms with van der Waals surface area (Å²) in [6.45, 7) is 2.60. The lowest BCUT2D eigenvalue weighted by Crippen LogP contribution is -2.42. The van der Waals surface area contributed by atoms with Crippen LogP contribution in [-0.2, 0) is 6.54 Å². The number of nitrogens with zero attached hydrogens (tertiary/aromatic N) is 2. The van der Waals surface area contributed by atoms with Gasteiger partial charge in [-0.2, -0.15) is 0 Å². The Hall–Kier alpha value is -0.980. The smallest absolute Gasteiger partial charge is 0.365 e. The normalized spacial score (nSPS) is 22.2. The van der Waals surface area contributed by atoms with Crippen molar-refractivity contribution in [2.24, 2.45) is 5.73 Å². The fourth-order valence-corrected chi connectivity index (χ4v) is 2.59. The Morgan fingerprint density at radius 1 is 1.75 bits per heavy atom. The van der Waals surface area contributed by atoms with Crippen molar-refractivity contribution in [2.75, 3.05) is 13.1 Å². The topological polar surface area (TPSA) is 79.5 Å². The summed E-state index contributed by atoms with van der Waals surface area (Å²) >= 11 is 1.18. The van der Waals surface area contributed by atoms with Crippen LogP contribution in [0, 0.1) is 0 Å². The number of thiazole rings is 1. The Bertz CT molecular complexity index is 380. The highest BCUT2D eigenvalue weighted by Crippen LogP contribution is 2.15. The molecule has 0 aromatic carbocycles. The highest BCUT2D eigenvalue weighted by Gasteiger charge is 2.18. The zero-order chi connectivity index (χ0) is 11.5. The van der Waals surface area contributed by atoms with Crippen LogP contribution in [0.25, 0.3) is 0 Å². The fourth-order valence-electron chi connectivity index (χ4n) is 1.94. The van der Waals surface area contributed by atoms with Crippen LogP contribution in [0.1, 0.15) is 28.3 Å². The van der Waals surface area contributed by atoms with E-state index in [1.54, 1.807) is 0 Å². The van der Waals surface area contributed by atoms with Crippen LogP contribution in [0.5, 0.6) is 0 Å². The number of rotatable bonds is 3. The first-order chi connectivity index (χ1) is 7.65. The summed E-state index contributed by atoms with van der Waals surface area (Å²) in [4.78, 5) is 17.0. The maximum atomic E-state index is 10.7. The number of aromatic nitrogens is 1. The molecule has 0 radical (unpaired) electrons. The standard InChI is InChI=1S/C10H15N3O2S/c11-7-2-1-3-13(4-7)5-8-6-16-9(12-8)10(14)15/h6-7H,1-5,11H2,(H,14,15). The molecule has 5 nitrogen and oxygen atoms in total. The van der Waals surface area contributed by atoms with Crippen molar-refractivity contribution in [3.05, 3.63) is 16.1 Å². The van der Waals surface area contributed by atoms with E-state index in [2.05, 4.69) is 9.88 Å². The fraction of sp³-hybridized carbons (Fsp3) is 0.600. The molecule has 3 N–H and O–H groups in total. The summed E-state index contributed by atoms with van der Waals surface area (Å²) < 4.78 is 0. The van der Waals surface area contributed by atoms with E-state index >= 15 is 0 Å². The molecule has 16 heavy (non-hydrogen) atoms. The van der Waals surface area contributed by atoms with Crippen molar-refractivity contribution in [1.82, 2.24) is 9.88 Å². The van der Waals surface area contributed by atoms with Gasteiger partial charge in [0.2, 0.25) is 5.01 Å². The van der Waals surface area contributed by atoms with E-state index in [0.29, 0.717) is 6.54 Å². The van der Waals surface area contributed by atoms with Crippen LogP contribution in [0.4, 0.5) is 0 Å². The molecule has 0 amide bonds. The molecule has 1 aliphatic rings. The first-order valence-corrected chi connectivity index (χ1v) is 6.19. The van der Waals surface area contributed by atoms with Gasteiger partial charge in [-0.3, -0.25) is 4.90 Å². The summed E-state index contributed by atoms with van der Waals surface area (Å²) in [5, 5.41) is 10.7. The van der Waals surface area contributed by atoms with E-state index in [0.717, 1.165) is 31.6 Å². The summed E-state index contributed by atoms with van der Waals surface area (Å²) in [6.07, 6.45) is 2.19. The molecule has 1 aromatic rings. The number of carboxylic acids is 1. The Morgan fingerprint density at radius 3 is 3.19 bits per heavy atom. The number of nitrogens with two attached hydrogens (primary N) is 1. The van der Waals surface area contributed by atoms with Crippen LogP contribution < -0.4 is 5.73 Å². The second-order valence-corrected chi connectivity index (χ2v) is 4.94. The van der Waals surface area contributed by atoms with Crippen molar-refractivity contribution < 1.29 is 9.90 Å². The molecule has 2 heterocycles. The lowest BCUT2D eigenvalue weighted by atomic mass is 10.1. The second-order valence-electron chi connectivity index (χ2n) is 4.09. The summed E-state index contributed by atoms with van der Waals surface area (Å²) in [5.74, 6) is -0.952. The number of likely N-dealkylation sites (tertiary alicyclic amines) is 1. The zero-order valence-corrected chi connectivity index (χ0v) is 9.74. The first-order valence-electron chi connectivity index (χ1n) is 5.31. The molecule has 0 saturated carbocycles. The number of piperidine rings is 1. The maximum Gasteiger partial charge on any atom is 0.365 e. The van der Waals surface area contributed by atoms with Crippen LogP contribution in [0.3, 0.4) is 0 Å². The third kappa shape index (κ3) is 2.78. The summed E-state index contributed by atoms with van der Waals surface area (Å²) in [6, 6.07) is 0.242. The Kier molecular flexibility index (Phi) is 3.52. The van der Waals surface area contributed by atoms with Gasteiger partial charge in [0, 0.05) is 24.5 Å². The van der Waals surface area contributed by atoms with Crippen molar-refractivity contribution in [3.63, 3.8) is 0 Å². The average molecular weight is 241 g/mol. The van der Waals surface area contributed by atoms with E-state index in [-0.39, 0.29) is 11.0 Å². The highest BCUT2D eigenvalue weighted by molar-refractivity contribution is 7.11. The van der Waals surface area contributed by atoms with Gasteiger partial charge in [-0.15, -0.1) is 11.3 Å². The largest absolute Gasteiger partial charge is 0.476 e. The lowest BCUT2D eigenvalue weighted by Gasteiger charge is -2.29. The SMILES string of the molecule is NC1CCCN(Cc2csc(C(=O)O)n2)C1. The third-order valence-electron chi connectivity index (χ3n) is 2.66. The van der Waals surface area contributed by atoms with E-state index in [1.165, 1.54) is 11.3 Å². The van der Waals surface area contributed by atoms with Crippen molar-refractivity contribution in [3.8, 4) is 0 Å². The van der Waals surface area contributed by atoms with E-state index < -0.39 is 5.97 Å². The molecule has 0 aliphatic carbocycles. The number of carboxylic acid groups (broad SMARTS) is 1. The van der Waals surface area contributed by atoms with Gasteiger partial charge < -0.3 is 10.8 Å². The minimum absolute atomic E-state index is 0.163. The number of hydrogen-bond donors (Lipinski definition) is 2. The maximum absolute atomic E-state index is 10.7. The molecular weight excluding hydrogens is 226 g/mol. The Balaban J connectivity index is 1.95. The molecule has 1 unspecified atom stereocenters. The van der Waals surface area contributed by atoms with Crippen LogP contribution in [0.15, 0.2) is 5.38 Å². The number of carbonyl (C=O) groups is 1. The van der Waals surface area contributed by atoms with E-state index in [4.69, 9.17) is 10.8 Å². The summed E-state index contributed by atoms with van der Waals surface area (Å²) in [7, 11) is 0. The van der Waals surface area contributed by atoms with Gasteiger partial charge in [0.25, 0.3) is 0 Å². The predicted molar refractivity (Wildman–Crippen MR) is 61.6 cm³/mol. The molecular formula is C10H15N3O2S. The van der Waals surface area contributed by atoms with Gasteiger partial charge >= 0.3 is 5.97 Å². The first kappa shape index (κ1) is 11.5. The van der Waals surface area contributed by atoms with Crippen LogP contribution >= 0.6 is 11.3 Å². The zero-order valence-electron chi connectivity index (χ0n) is 8.93. The Morgan fingerprint density at radius 2 is 2.56 bits per heavy atom. The molecule has 6 heteroatoms. The van der Waals surface area contributed by atoms with Gasteiger partial charge in [0.05, 0.1) is 5.69 Å². The van der Waals surface area contributed by atoms with Crippen molar-refractivity contribution in [1.29, 1.82) is 0 Å². The lowest BCUT2D eigenvalue weighted by molar-refractivity contribution is 0.0696. The summed E-state index contributed by atoms with van der Waals surface area (Å²) in [5.41, 5.74) is 6.71. The molecule has 0 spiro atoms. The van der Waals surface area contributed by atoms with Gasteiger partial charge in [0.15, 0.2) is 0 Å². The third-order valence-corrected chi connectivity index (χ3v) is 3.54. The quantitative estimate of drug-likeness (QED) is 0.817. The average Bonchev–Trinajstić information content (AvgIpc) is 2.66. The van der Waals surface area contributed by atoms with Crippen molar-refractivity contribution >= 4 is 17.3 Å². The minimum atomic E-state index is -0.952. The number of aromatic carboxylic acids is 1. The van der Waals surface area contributed by atoms with Gasteiger partial charge in [0.1, 0.15) is 0 Å². The molecule has 1 atom stereocenters. The van der Waals surface area contributed by atoms with Crippen molar-refractivity contribution in [2.45, 2.75) is 25.4 Å². The van der Waals surface area contributed by atoms with Gasteiger partial charge in [-0.1, -0.05) is 0 Å². The molecule has 0 bridgehead atoms. The molecule has 1 fully saturated rings. The molecule has 1 aliphatic heterocycles. The number of hydrogen-bond acceptors (Lipinski definition) is 5.